The van der Waals surface area contributed by atoms with Crippen molar-refractivity contribution in [1.29, 1.82) is 0 Å². The molecule has 6 heteroatoms. The lowest BCUT2D eigenvalue weighted by molar-refractivity contribution is -0.123. The van der Waals surface area contributed by atoms with Crippen LogP contribution in [0, 0.1) is 0 Å². The maximum atomic E-state index is 11.7. The van der Waals surface area contributed by atoms with Crippen molar-refractivity contribution >= 4 is 17.6 Å². The van der Waals surface area contributed by atoms with Crippen LogP contribution in [0.25, 0.3) is 0 Å². The molecule has 0 saturated heterocycles. The topological polar surface area (TPSA) is 84.5 Å². The van der Waals surface area contributed by atoms with Crippen molar-refractivity contribution in [2.24, 2.45) is 0 Å². The number of ketones is 1. The summed E-state index contributed by atoms with van der Waals surface area (Å²) in [5, 5.41) is 0. The largest absolute Gasteiger partial charge is 0.484 e. The Balaban J connectivity index is 1.77. The number of amides is 2. The molecule has 0 saturated carbocycles. The van der Waals surface area contributed by atoms with E-state index in [2.05, 4.69) is 10.9 Å². The fourth-order valence-corrected chi connectivity index (χ4v) is 1.76. The number of carbonyl (C=O) groups excluding carboxylic acids is 3. The van der Waals surface area contributed by atoms with Crippen molar-refractivity contribution < 1.29 is 19.1 Å². The van der Waals surface area contributed by atoms with Crippen LogP contribution in [0.2, 0.25) is 0 Å². The molecule has 0 heterocycles. The highest BCUT2D eigenvalue weighted by Crippen LogP contribution is 2.12. The quantitative estimate of drug-likeness (QED) is 0.650. The van der Waals surface area contributed by atoms with Crippen LogP contribution in [-0.4, -0.2) is 24.2 Å². The van der Waals surface area contributed by atoms with Gasteiger partial charge < -0.3 is 4.74 Å². The van der Waals surface area contributed by atoms with Crippen molar-refractivity contribution in [3.63, 3.8) is 0 Å². The highest BCUT2D eigenvalue weighted by Gasteiger charge is 2.07. The maximum absolute atomic E-state index is 11.7. The lowest BCUT2D eigenvalue weighted by Gasteiger charge is -2.09. The van der Waals surface area contributed by atoms with Crippen molar-refractivity contribution in [3.8, 4) is 5.75 Å². The number of hydrogen-bond donors (Lipinski definition) is 2. The van der Waals surface area contributed by atoms with Gasteiger partial charge >= 0.3 is 0 Å². The zero-order valence-corrected chi connectivity index (χ0v) is 12.5. The van der Waals surface area contributed by atoms with E-state index in [9.17, 15) is 14.4 Å². The van der Waals surface area contributed by atoms with Gasteiger partial charge in [-0.1, -0.05) is 18.2 Å². The maximum Gasteiger partial charge on any atom is 0.276 e. The summed E-state index contributed by atoms with van der Waals surface area (Å²) in [6.07, 6.45) is 0. The molecule has 2 aromatic rings. The van der Waals surface area contributed by atoms with Crippen LogP contribution in [0.3, 0.4) is 0 Å². The second-order valence-corrected chi connectivity index (χ2v) is 4.74. The summed E-state index contributed by atoms with van der Waals surface area (Å²) >= 11 is 0. The van der Waals surface area contributed by atoms with E-state index < -0.39 is 11.8 Å². The van der Waals surface area contributed by atoms with E-state index in [4.69, 9.17) is 4.74 Å². The number of ether oxygens (including phenoxy) is 1. The minimum Gasteiger partial charge on any atom is -0.484 e. The third-order valence-electron chi connectivity index (χ3n) is 2.98. The van der Waals surface area contributed by atoms with Crippen molar-refractivity contribution in [1.82, 2.24) is 10.9 Å². The molecule has 0 aromatic heterocycles. The van der Waals surface area contributed by atoms with Crippen LogP contribution in [0.5, 0.6) is 5.75 Å². The number of Topliss-reactive ketones (excluding diaryl/α,β-unsaturated/α-hetero) is 1. The second-order valence-electron chi connectivity index (χ2n) is 4.74. The summed E-state index contributed by atoms with van der Waals surface area (Å²) in [5.41, 5.74) is 5.56. The molecule has 0 fully saturated rings. The minimum atomic E-state index is -0.495. The first kappa shape index (κ1) is 16.2. The molecule has 0 bridgehead atoms. The summed E-state index contributed by atoms with van der Waals surface area (Å²) in [6, 6.07) is 15.0. The van der Waals surface area contributed by atoms with E-state index in [1.807, 2.05) is 0 Å². The number of benzene rings is 2. The van der Waals surface area contributed by atoms with Gasteiger partial charge in [-0.15, -0.1) is 0 Å². The molecule has 0 aliphatic heterocycles. The van der Waals surface area contributed by atoms with Crippen LogP contribution in [0.1, 0.15) is 27.6 Å². The smallest absolute Gasteiger partial charge is 0.276 e. The Kier molecular flexibility index (Phi) is 5.46. The van der Waals surface area contributed by atoms with Crippen molar-refractivity contribution in [2.45, 2.75) is 6.92 Å². The minimum absolute atomic E-state index is 0.0436. The van der Waals surface area contributed by atoms with Gasteiger partial charge in [-0.2, -0.15) is 0 Å². The van der Waals surface area contributed by atoms with E-state index >= 15 is 0 Å². The summed E-state index contributed by atoms with van der Waals surface area (Å²) < 4.78 is 5.27. The van der Waals surface area contributed by atoms with Crippen molar-refractivity contribution in [2.75, 3.05) is 6.61 Å². The molecule has 0 aliphatic rings. The third kappa shape index (κ3) is 4.96. The monoisotopic (exact) mass is 312 g/mol. The molecule has 0 spiro atoms. The van der Waals surface area contributed by atoms with Gasteiger partial charge in [0.2, 0.25) is 0 Å². The van der Waals surface area contributed by atoms with Crippen LogP contribution in [-0.2, 0) is 4.79 Å². The highest BCUT2D eigenvalue weighted by molar-refractivity contribution is 5.95. The third-order valence-corrected chi connectivity index (χ3v) is 2.98. The predicted molar refractivity (Wildman–Crippen MR) is 84.0 cm³/mol. The second kappa shape index (κ2) is 7.74. The Bertz CT molecular complexity index is 696. The van der Waals surface area contributed by atoms with Gasteiger partial charge in [0.1, 0.15) is 5.75 Å². The van der Waals surface area contributed by atoms with Gasteiger partial charge in [0.05, 0.1) is 0 Å². The van der Waals surface area contributed by atoms with Crippen LogP contribution in [0.15, 0.2) is 54.6 Å². The Morgan fingerprint density at radius 2 is 1.52 bits per heavy atom. The van der Waals surface area contributed by atoms with Gasteiger partial charge in [0, 0.05) is 11.1 Å². The number of nitrogens with one attached hydrogen (secondary N) is 2. The molecule has 2 amide bonds. The molecular weight excluding hydrogens is 296 g/mol. The van der Waals surface area contributed by atoms with Gasteiger partial charge in [-0.25, -0.2) is 0 Å². The summed E-state index contributed by atoms with van der Waals surface area (Å²) in [5.74, 6) is -0.493. The van der Waals surface area contributed by atoms with Crippen molar-refractivity contribution in [3.05, 3.63) is 65.7 Å². The van der Waals surface area contributed by atoms with Gasteiger partial charge in [0.25, 0.3) is 11.8 Å². The SMILES string of the molecule is CC(=O)c1ccc(OCC(=O)NNC(=O)c2ccccc2)cc1. The summed E-state index contributed by atoms with van der Waals surface area (Å²) in [6.45, 7) is 1.22. The normalized spacial score (nSPS) is 9.78. The van der Waals surface area contributed by atoms with Crippen LogP contribution < -0.4 is 15.6 Å². The molecular formula is C17H16N2O4. The average Bonchev–Trinajstić information content (AvgIpc) is 2.59. The lowest BCUT2D eigenvalue weighted by Crippen LogP contribution is -2.43. The zero-order chi connectivity index (χ0) is 16.7. The van der Waals surface area contributed by atoms with Crippen LogP contribution in [0.4, 0.5) is 0 Å². The molecule has 0 radical (unpaired) electrons. The first-order chi connectivity index (χ1) is 11.1. The van der Waals surface area contributed by atoms with Gasteiger partial charge in [-0.3, -0.25) is 25.2 Å². The molecule has 23 heavy (non-hydrogen) atoms. The predicted octanol–water partition coefficient (Wildman–Crippen LogP) is 1.73. The molecule has 118 valence electrons. The summed E-state index contributed by atoms with van der Waals surface area (Å²) in [4.78, 5) is 34.5. The molecule has 0 aliphatic carbocycles. The molecule has 0 atom stereocenters. The zero-order valence-electron chi connectivity index (χ0n) is 12.5. The fourth-order valence-electron chi connectivity index (χ4n) is 1.76. The fraction of sp³-hybridized carbons (Fsp3) is 0.118. The van der Waals surface area contributed by atoms with E-state index in [-0.39, 0.29) is 12.4 Å². The van der Waals surface area contributed by atoms with E-state index in [1.54, 1.807) is 54.6 Å². The lowest BCUT2D eigenvalue weighted by atomic mass is 10.1. The van der Waals surface area contributed by atoms with E-state index in [0.717, 1.165) is 0 Å². The number of carbonyl (C=O) groups is 3. The summed E-state index contributed by atoms with van der Waals surface area (Å²) in [7, 11) is 0. The Labute approximate surface area is 133 Å². The van der Waals surface area contributed by atoms with Gasteiger partial charge in [-0.05, 0) is 43.3 Å². The number of rotatable bonds is 5. The number of hydrogen-bond acceptors (Lipinski definition) is 4. The van der Waals surface area contributed by atoms with Crippen LogP contribution >= 0.6 is 0 Å². The molecule has 0 unspecified atom stereocenters. The van der Waals surface area contributed by atoms with E-state index in [0.29, 0.717) is 16.9 Å². The first-order valence-corrected chi connectivity index (χ1v) is 6.94. The molecule has 2 aromatic carbocycles. The van der Waals surface area contributed by atoms with Gasteiger partial charge in [0.15, 0.2) is 12.4 Å². The standard InChI is InChI=1S/C17H16N2O4/c1-12(20)13-7-9-15(10-8-13)23-11-16(21)18-19-17(22)14-5-3-2-4-6-14/h2-10H,11H2,1H3,(H,18,21)(H,19,22). The molecule has 6 nitrogen and oxygen atoms in total. The Hall–Kier alpha value is -3.15. The molecule has 2 N–H and O–H groups in total. The average molecular weight is 312 g/mol. The first-order valence-electron chi connectivity index (χ1n) is 6.94. The highest BCUT2D eigenvalue weighted by atomic mass is 16.5. The molecule has 2 rings (SSSR count). The van der Waals surface area contributed by atoms with E-state index in [1.165, 1.54) is 6.92 Å². The Morgan fingerprint density at radius 1 is 0.870 bits per heavy atom. The Morgan fingerprint density at radius 3 is 2.13 bits per heavy atom. The number of hydrazine groups is 1.